The minimum absolute atomic E-state index is 0.0470. The molecule has 1 aromatic carbocycles. The van der Waals surface area contributed by atoms with Crippen LogP contribution >= 0.6 is 11.3 Å². The van der Waals surface area contributed by atoms with Crippen molar-refractivity contribution in [3.05, 3.63) is 52.0 Å². The Hall–Kier alpha value is -1.72. The average Bonchev–Trinajstić information content (AvgIpc) is 2.89. The fourth-order valence-corrected chi connectivity index (χ4v) is 2.66. The van der Waals surface area contributed by atoms with Crippen LogP contribution in [0.15, 0.2) is 36.5 Å². The van der Waals surface area contributed by atoms with E-state index in [9.17, 15) is 4.79 Å². The van der Waals surface area contributed by atoms with Crippen molar-refractivity contribution in [1.82, 2.24) is 10.3 Å². The summed E-state index contributed by atoms with van der Waals surface area (Å²) in [6.45, 7) is 4.31. The van der Waals surface area contributed by atoms with E-state index in [0.717, 1.165) is 15.4 Å². The number of carbonyl (C=O) groups is 1. The Labute approximate surface area is 123 Å². The summed E-state index contributed by atoms with van der Waals surface area (Å²) in [7, 11) is 0. The summed E-state index contributed by atoms with van der Waals surface area (Å²) in [5, 5.41) is 3.80. The third-order valence-corrected chi connectivity index (χ3v) is 4.13. The maximum Gasteiger partial charge on any atom is 0.225 e. The van der Waals surface area contributed by atoms with E-state index < -0.39 is 0 Å². The molecule has 0 aliphatic carbocycles. The number of aryl methyl sites for hydroxylation is 1. The zero-order valence-corrected chi connectivity index (χ0v) is 12.5. The van der Waals surface area contributed by atoms with Crippen LogP contribution in [0.3, 0.4) is 0 Å². The standard InChI is InChI=1S/C15H19N3OS/c1-10-8-17-13(20-10)9-18-15(19)11(2)14(16)12-6-4-3-5-7-12/h3-8,11,14H,9,16H2,1-2H3,(H,18,19). The number of hydrogen-bond donors (Lipinski definition) is 2. The van der Waals surface area contributed by atoms with E-state index in [2.05, 4.69) is 10.3 Å². The van der Waals surface area contributed by atoms with Gasteiger partial charge in [-0.15, -0.1) is 11.3 Å². The van der Waals surface area contributed by atoms with E-state index in [1.165, 1.54) is 0 Å². The lowest BCUT2D eigenvalue weighted by Gasteiger charge is -2.19. The van der Waals surface area contributed by atoms with Gasteiger partial charge in [0.1, 0.15) is 5.01 Å². The van der Waals surface area contributed by atoms with Gasteiger partial charge in [0.2, 0.25) is 5.91 Å². The molecule has 2 rings (SSSR count). The molecular weight excluding hydrogens is 270 g/mol. The van der Waals surface area contributed by atoms with E-state index in [-0.39, 0.29) is 17.9 Å². The molecule has 5 heteroatoms. The summed E-state index contributed by atoms with van der Waals surface area (Å²) in [6, 6.07) is 9.38. The average molecular weight is 289 g/mol. The molecule has 4 nitrogen and oxygen atoms in total. The Kier molecular flexibility index (Phi) is 4.87. The number of rotatable bonds is 5. The van der Waals surface area contributed by atoms with Gasteiger partial charge in [-0.05, 0) is 12.5 Å². The zero-order valence-electron chi connectivity index (χ0n) is 11.7. The number of aromatic nitrogens is 1. The summed E-state index contributed by atoms with van der Waals surface area (Å²) >= 11 is 1.59. The molecule has 0 fully saturated rings. The van der Waals surface area contributed by atoms with E-state index >= 15 is 0 Å². The topological polar surface area (TPSA) is 68.0 Å². The van der Waals surface area contributed by atoms with E-state index in [0.29, 0.717) is 6.54 Å². The lowest BCUT2D eigenvalue weighted by atomic mass is 9.95. The van der Waals surface area contributed by atoms with Crippen molar-refractivity contribution in [3.8, 4) is 0 Å². The van der Waals surface area contributed by atoms with Gasteiger partial charge < -0.3 is 11.1 Å². The first-order chi connectivity index (χ1) is 9.58. The molecule has 3 N–H and O–H groups in total. The fraction of sp³-hybridized carbons (Fsp3) is 0.333. The van der Waals surface area contributed by atoms with Crippen LogP contribution in [-0.2, 0) is 11.3 Å². The second-order valence-electron chi connectivity index (χ2n) is 4.81. The third kappa shape index (κ3) is 3.65. The van der Waals surface area contributed by atoms with Crippen LogP contribution in [-0.4, -0.2) is 10.9 Å². The smallest absolute Gasteiger partial charge is 0.225 e. The van der Waals surface area contributed by atoms with Gasteiger partial charge in [0.05, 0.1) is 12.5 Å². The van der Waals surface area contributed by atoms with Gasteiger partial charge in [-0.25, -0.2) is 4.98 Å². The second kappa shape index (κ2) is 6.63. The number of nitrogens with zero attached hydrogens (tertiary/aromatic N) is 1. The molecule has 0 spiro atoms. The van der Waals surface area contributed by atoms with E-state index in [1.54, 1.807) is 11.3 Å². The van der Waals surface area contributed by atoms with Crippen molar-refractivity contribution in [1.29, 1.82) is 0 Å². The molecule has 1 amide bonds. The van der Waals surface area contributed by atoms with Gasteiger partial charge in [0.25, 0.3) is 0 Å². The molecule has 2 atom stereocenters. The fourth-order valence-electron chi connectivity index (χ4n) is 1.93. The molecule has 0 bridgehead atoms. The first kappa shape index (κ1) is 14.7. The predicted molar refractivity (Wildman–Crippen MR) is 81.2 cm³/mol. The number of hydrogen-bond acceptors (Lipinski definition) is 4. The third-order valence-electron chi connectivity index (χ3n) is 3.22. The van der Waals surface area contributed by atoms with Crippen molar-refractivity contribution < 1.29 is 4.79 Å². The lowest BCUT2D eigenvalue weighted by molar-refractivity contribution is -0.125. The summed E-state index contributed by atoms with van der Waals surface area (Å²) < 4.78 is 0. The van der Waals surface area contributed by atoms with Gasteiger partial charge in [0, 0.05) is 17.1 Å². The molecule has 0 aliphatic rings. The quantitative estimate of drug-likeness (QED) is 0.888. The normalized spacial score (nSPS) is 13.8. The molecular formula is C15H19N3OS. The maximum absolute atomic E-state index is 12.1. The molecule has 1 aromatic heterocycles. The summed E-state index contributed by atoms with van der Waals surface area (Å²) in [4.78, 5) is 17.5. The van der Waals surface area contributed by atoms with Crippen LogP contribution in [0.25, 0.3) is 0 Å². The first-order valence-electron chi connectivity index (χ1n) is 6.57. The van der Waals surface area contributed by atoms with Crippen molar-refractivity contribution in [2.75, 3.05) is 0 Å². The first-order valence-corrected chi connectivity index (χ1v) is 7.39. The van der Waals surface area contributed by atoms with Crippen LogP contribution in [0.5, 0.6) is 0 Å². The molecule has 106 valence electrons. The minimum atomic E-state index is -0.297. The number of nitrogens with one attached hydrogen (secondary N) is 1. The van der Waals surface area contributed by atoms with Gasteiger partial charge in [-0.2, -0.15) is 0 Å². The number of thiazole rings is 1. The highest BCUT2D eigenvalue weighted by Crippen LogP contribution is 2.19. The highest BCUT2D eigenvalue weighted by molar-refractivity contribution is 7.11. The molecule has 2 aromatic rings. The Morgan fingerprint density at radius 1 is 1.40 bits per heavy atom. The van der Waals surface area contributed by atoms with Crippen LogP contribution in [0.4, 0.5) is 0 Å². The van der Waals surface area contributed by atoms with Crippen molar-refractivity contribution >= 4 is 17.2 Å². The van der Waals surface area contributed by atoms with Crippen LogP contribution in [0.2, 0.25) is 0 Å². The number of amides is 1. The Morgan fingerprint density at radius 3 is 2.70 bits per heavy atom. The summed E-state index contributed by atoms with van der Waals surface area (Å²) in [6.07, 6.45) is 1.81. The Morgan fingerprint density at radius 2 is 2.10 bits per heavy atom. The highest BCUT2D eigenvalue weighted by Gasteiger charge is 2.21. The highest BCUT2D eigenvalue weighted by atomic mass is 32.1. The second-order valence-corrected chi connectivity index (χ2v) is 6.13. The molecule has 20 heavy (non-hydrogen) atoms. The monoisotopic (exact) mass is 289 g/mol. The summed E-state index contributed by atoms with van der Waals surface area (Å²) in [5.74, 6) is -0.326. The Bertz CT molecular complexity index is 568. The van der Waals surface area contributed by atoms with Crippen molar-refractivity contribution in [3.63, 3.8) is 0 Å². The van der Waals surface area contributed by atoms with Gasteiger partial charge in [0.15, 0.2) is 0 Å². The van der Waals surface area contributed by atoms with Gasteiger partial charge >= 0.3 is 0 Å². The number of carbonyl (C=O) groups excluding carboxylic acids is 1. The predicted octanol–water partition coefficient (Wildman–Crippen LogP) is 2.40. The number of nitrogens with two attached hydrogens (primary N) is 1. The van der Waals surface area contributed by atoms with Crippen LogP contribution in [0, 0.1) is 12.8 Å². The number of benzene rings is 1. The molecule has 0 saturated carbocycles. The zero-order chi connectivity index (χ0) is 14.5. The van der Waals surface area contributed by atoms with Crippen LogP contribution < -0.4 is 11.1 Å². The van der Waals surface area contributed by atoms with Crippen molar-refractivity contribution in [2.24, 2.45) is 11.7 Å². The molecule has 0 aliphatic heterocycles. The van der Waals surface area contributed by atoms with E-state index in [4.69, 9.17) is 5.73 Å². The summed E-state index contributed by atoms with van der Waals surface area (Å²) in [5.41, 5.74) is 7.11. The molecule has 2 unspecified atom stereocenters. The lowest BCUT2D eigenvalue weighted by Crippen LogP contribution is -2.35. The molecule has 0 saturated heterocycles. The van der Waals surface area contributed by atoms with Crippen molar-refractivity contribution in [2.45, 2.75) is 26.4 Å². The van der Waals surface area contributed by atoms with Crippen LogP contribution in [0.1, 0.15) is 28.4 Å². The minimum Gasteiger partial charge on any atom is -0.349 e. The maximum atomic E-state index is 12.1. The van der Waals surface area contributed by atoms with Gasteiger partial charge in [-0.1, -0.05) is 37.3 Å². The SMILES string of the molecule is Cc1cnc(CNC(=O)C(C)C(N)c2ccccc2)s1. The molecule has 1 heterocycles. The van der Waals surface area contributed by atoms with E-state index in [1.807, 2.05) is 50.4 Å². The Balaban J connectivity index is 1.91. The largest absolute Gasteiger partial charge is 0.349 e. The van der Waals surface area contributed by atoms with Gasteiger partial charge in [-0.3, -0.25) is 4.79 Å². The molecule has 0 radical (unpaired) electrons.